The van der Waals surface area contributed by atoms with Crippen molar-refractivity contribution in [2.45, 2.75) is 6.92 Å². The number of carbonyl (C=O) groups excluding carboxylic acids is 1. The van der Waals surface area contributed by atoms with E-state index < -0.39 is 11.9 Å². The summed E-state index contributed by atoms with van der Waals surface area (Å²) in [6, 6.07) is 16.0. The number of aromatic nitrogens is 1. The molecule has 0 atom stereocenters. The second kappa shape index (κ2) is 7.69. The number of pyridine rings is 1. The van der Waals surface area contributed by atoms with Gasteiger partial charge in [-0.1, -0.05) is 6.07 Å². The topological polar surface area (TPSA) is 77.2 Å². The number of rotatable bonds is 4. The molecule has 2 aromatic carbocycles. The van der Waals surface area contributed by atoms with Crippen molar-refractivity contribution in [3.05, 3.63) is 75.2 Å². The monoisotopic (exact) mass is 463 g/mol. The molecule has 7 heteroatoms. The average molecular weight is 463 g/mol. The lowest BCUT2D eigenvalue weighted by Gasteiger charge is -2.10. The number of ether oxygens (including phenoxy) is 1. The molecule has 1 amide bonds. The van der Waals surface area contributed by atoms with Gasteiger partial charge in [0.15, 0.2) is 0 Å². The molecule has 0 saturated carbocycles. The summed E-state index contributed by atoms with van der Waals surface area (Å²) in [6.45, 7) is 1.52. The molecule has 1 aromatic heterocycles. The smallest absolute Gasteiger partial charge is 0.259 e. The zero-order valence-electron chi connectivity index (χ0n) is 13.8. The number of nitrogens with two attached hydrogens (primary N) is 1. The van der Waals surface area contributed by atoms with Gasteiger partial charge >= 0.3 is 0 Å². The van der Waals surface area contributed by atoms with Crippen molar-refractivity contribution in [3.63, 3.8) is 0 Å². The van der Waals surface area contributed by atoms with Crippen LogP contribution in [0.3, 0.4) is 0 Å². The second-order valence-corrected chi connectivity index (χ2v) is 6.81. The maximum absolute atomic E-state index is 13.4. The highest BCUT2D eigenvalue weighted by atomic mass is 127. The van der Waals surface area contributed by atoms with Crippen LogP contribution in [-0.4, -0.2) is 10.9 Å². The van der Waals surface area contributed by atoms with E-state index in [0.29, 0.717) is 11.4 Å². The fourth-order valence-electron chi connectivity index (χ4n) is 2.26. The van der Waals surface area contributed by atoms with Crippen LogP contribution in [0.5, 0.6) is 11.5 Å². The number of hydrogen-bond acceptors (Lipinski definition) is 4. The molecule has 3 N–H and O–H groups in total. The minimum absolute atomic E-state index is 0.128. The standard InChI is InChI=1S/C19H15FIN3O2/c1-11-9-16(18(22)24-17(11)20)19(25)23-13-5-7-14(8-6-13)26-15-4-2-3-12(21)10-15/h2-10H,1H3,(H2,22,24)(H,23,25). The summed E-state index contributed by atoms with van der Waals surface area (Å²) in [7, 11) is 0. The molecule has 26 heavy (non-hydrogen) atoms. The molecule has 3 rings (SSSR count). The molecule has 0 unspecified atom stereocenters. The van der Waals surface area contributed by atoms with E-state index in [1.54, 1.807) is 24.3 Å². The normalized spacial score (nSPS) is 10.4. The van der Waals surface area contributed by atoms with Crippen molar-refractivity contribution in [2.75, 3.05) is 11.1 Å². The molecule has 0 aliphatic rings. The number of nitrogen functional groups attached to an aromatic ring is 1. The number of halogens is 2. The third-order valence-electron chi connectivity index (χ3n) is 3.57. The number of carbonyl (C=O) groups is 1. The summed E-state index contributed by atoms with van der Waals surface area (Å²) in [5, 5.41) is 2.71. The highest BCUT2D eigenvalue weighted by Gasteiger charge is 2.14. The molecule has 0 saturated heterocycles. The minimum Gasteiger partial charge on any atom is -0.457 e. The first-order valence-electron chi connectivity index (χ1n) is 7.70. The second-order valence-electron chi connectivity index (χ2n) is 5.57. The van der Waals surface area contributed by atoms with Crippen LogP contribution >= 0.6 is 22.6 Å². The molecule has 0 bridgehead atoms. The number of hydrogen-bond donors (Lipinski definition) is 2. The molecule has 5 nitrogen and oxygen atoms in total. The summed E-state index contributed by atoms with van der Waals surface area (Å²) in [5.41, 5.74) is 6.58. The number of benzene rings is 2. The Kier molecular flexibility index (Phi) is 5.36. The van der Waals surface area contributed by atoms with Crippen molar-refractivity contribution < 1.29 is 13.9 Å². The maximum Gasteiger partial charge on any atom is 0.259 e. The molecule has 0 aliphatic heterocycles. The van der Waals surface area contributed by atoms with Gasteiger partial charge in [0.2, 0.25) is 5.95 Å². The highest BCUT2D eigenvalue weighted by Crippen LogP contribution is 2.25. The van der Waals surface area contributed by atoms with Crippen LogP contribution in [0.4, 0.5) is 15.9 Å². The molecule has 0 fully saturated rings. The van der Waals surface area contributed by atoms with Crippen molar-refractivity contribution >= 4 is 40.0 Å². The Bertz CT molecular complexity index is 961. The first-order chi connectivity index (χ1) is 12.4. The predicted octanol–water partition coefficient (Wildman–Crippen LogP) is 4.76. The lowest BCUT2D eigenvalue weighted by molar-refractivity contribution is 0.102. The van der Waals surface area contributed by atoms with Crippen LogP contribution in [0.15, 0.2) is 54.6 Å². The number of nitrogens with zero attached hydrogens (tertiary/aromatic N) is 1. The fraction of sp³-hybridized carbons (Fsp3) is 0.0526. The molecule has 0 spiro atoms. The maximum atomic E-state index is 13.4. The average Bonchev–Trinajstić information content (AvgIpc) is 2.60. The van der Waals surface area contributed by atoms with Crippen LogP contribution in [0.25, 0.3) is 0 Å². The minimum atomic E-state index is -0.684. The Balaban J connectivity index is 1.71. The molecule has 132 valence electrons. The zero-order chi connectivity index (χ0) is 18.7. The van der Waals surface area contributed by atoms with Gasteiger partial charge in [-0.05, 0) is 78.0 Å². The van der Waals surface area contributed by atoms with E-state index in [2.05, 4.69) is 32.9 Å². The molecule has 3 aromatic rings. The summed E-state index contributed by atoms with van der Waals surface area (Å²) >= 11 is 2.21. The van der Waals surface area contributed by atoms with Gasteiger partial charge in [0.05, 0.1) is 5.56 Å². The van der Waals surface area contributed by atoms with Gasteiger partial charge in [0.25, 0.3) is 5.91 Å². The summed E-state index contributed by atoms with van der Waals surface area (Å²) < 4.78 is 20.2. The molecular weight excluding hydrogens is 448 g/mol. The van der Waals surface area contributed by atoms with E-state index in [4.69, 9.17) is 10.5 Å². The Morgan fingerprint density at radius 3 is 2.58 bits per heavy atom. The van der Waals surface area contributed by atoms with Crippen LogP contribution in [0.2, 0.25) is 0 Å². The lowest BCUT2D eigenvalue weighted by Crippen LogP contribution is -2.16. The Hall–Kier alpha value is -2.68. The quantitative estimate of drug-likeness (QED) is 0.432. The van der Waals surface area contributed by atoms with Crippen LogP contribution in [0.1, 0.15) is 15.9 Å². The summed E-state index contributed by atoms with van der Waals surface area (Å²) in [4.78, 5) is 15.9. The van der Waals surface area contributed by atoms with Gasteiger partial charge < -0.3 is 15.8 Å². The largest absolute Gasteiger partial charge is 0.457 e. The third-order valence-corrected chi connectivity index (χ3v) is 4.24. The zero-order valence-corrected chi connectivity index (χ0v) is 16.0. The van der Waals surface area contributed by atoms with Gasteiger partial charge in [-0.2, -0.15) is 4.39 Å². The van der Waals surface area contributed by atoms with Crippen LogP contribution in [-0.2, 0) is 0 Å². The number of amides is 1. The van der Waals surface area contributed by atoms with Gasteiger partial charge in [-0.3, -0.25) is 4.79 Å². The van der Waals surface area contributed by atoms with E-state index in [1.165, 1.54) is 13.0 Å². The van der Waals surface area contributed by atoms with Gasteiger partial charge in [0.1, 0.15) is 17.3 Å². The molecular formula is C19H15FIN3O2. The van der Waals surface area contributed by atoms with Gasteiger partial charge in [0, 0.05) is 14.8 Å². The highest BCUT2D eigenvalue weighted by molar-refractivity contribution is 14.1. The summed E-state index contributed by atoms with van der Waals surface area (Å²) in [5.74, 6) is 0.0860. The van der Waals surface area contributed by atoms with Crippen molar-refractivity contribution in [1.29, 1.82) is 0 Å². The first-order valence-corrected chi connectivity index (χ1v) is 8.78. The number of anilines is 2. The van der Waals surface area contributed by atoms with E-state index >= 15 is 0 Å². The van der Waals surface area contributed by atoms with Crippen LogP contribution in [0, 0.1) is 16.4 Å². The van der Waals surface area contributed by atoms with Crippen molar-refractivity contribution in [1.82, 2.24) is 4.98 Å². The summed E-state index contributed by atoms with van der Waals surface area (Å²) in [6.07, 6.45) is 0. The fourth-order valence-corrected chi connectivity index (χ4v) is 2.77. The molecule has 0 aliphatic carbocycles. The Morgan fingerprint density at radius 1 is 1.15 bits per heavy atom. The SMILES string of the molecule is Cc1cc(C(=O)Nc2ccc(Oc3cccc(I)c3)cc2)c(N)nc1F. The predicted molar refractivity (Wildman–Crippen MR) is 107 cm³/mol. The lowest BCUT2D eigenvalue weighted by atomic mass is 10.1. The van der Waals surface area contributed by atoms with Gasteiger partial charge in [-0.25, -0.2) is 4.98 Å². The van der Waals surface area contributed by atoms with Crippen LogP contribution < -0.4 is 15.8 Å². The molecule has 1 heterocycles. The number of aryl methyl sites for hydroxylation is 1. The van der Waals surface area contributed by atoms with Crippen molar-refractivity contribution in [2.24, 2.45) is 0 Å². The first kappa shape index (κ1) is 18.1. The van der Waals surface area contributed by atoms with Gasteiger partial charge in [-0.15, -0.1) is 0 Å². The van der Waals surface area contributed by atoms with E-state index in [-0.39, 0.29) is 16.9 Å². The third kappa shape index (κ3) is 4.29. The Labute approximate surface area is 163 Å². The Morgan fingerprint density at radius 2 is 1.88 bits per heavy atom. The van der Waals surface area contributed by atoms with E-state index in [0.717, 1.165) is 9.32 Å². The molecule has 0 radical (unpaired) electrons. The van der Waals surface area contributed by atoms with E-state index in [1.807, 2.05) is 24.3 Å². The van der Waals surface area contributed by atoms with E-state index in [9.17, 15) is 9.18 Å². The van der Waals surface area contributed by atoms with Crippen molar-refractivity contribution in [3.8, 4) is 11.5 Å². The number of nitrogens with one attached hydrogen (secondary N) is 1.